The van der Waals surface area contributed by atoms with Crippen LogP contribution >= 0.6 is 0 Å². The van der Waals surface area contributed by atoms with Crippen molar-refractivity contribution in [2.45, 2.75) is 26.4 Å². The molecule has 0 unspecified atom stereocenters. The molecule has 1 heterocycles. The summed E-state index contributed by atoms with van der Waals surface area (Å²) in [7, 11) is 0. The molecular weight excluding hydrogens is 431 g/mol. The molecule has 2 N–H and O–H groups in total. The number of aryl methyl sites for hydroxylation is 1. The molecule has 0 radical (unpaired) electrons. The Balaban J connectivity index is 2.02. The number of anilines is 1. The fourth-order valence-electron chi connectivity index (χ4n) is 3.92. The normalized spacial score (nSPS) is 13.2. The van der Waals surface area contributed by atoms with Gasteiger partial charge in [-0.1, -0.05) is 29.8 Å². The summed E-state index contributed by atoms with van der Waals surface area (Å²) < 4.78 is 44.2. The van der Waals surface area contributed by atoms with Crippen molar-refractivity contribution in [3.8, 4) is 11.5 Å². The van der Waals surface area contributed by atoms with Gasteiger partial charge in [-0.3, -0.25) is 0 Å². The van der Waals surface area contributed by atoms with Crippen molar-refractivity contribution in [1.29, 1.82) is 0 Å². The molecule has 170 valence electrons. The van der Waals surface area contributed by atoms with Gasteiger partial charge >= 0.3 is 12.1 Å². The van der Waals surface area contributed by atoms with Crippen molar-refractivity contribution in [3.05, 3.63) is 87.3 Å². The molecule has 0 amide bonds. The van der Waals surface area contributed by atoms with Gasteiger partial charge in [0, 0.05) is 34.7 Å². The monoisotopic (exact) mass is 453 g/mol. The average Bonchev–Trinajstić information content (AvgIpc) is 2.75. The number of nitrogens with one attached hydrogen (secondary N) is 1. The summed E-state index contributed by atoms with van der Waals surface area (Å²) in [6, 6.07) is 15.5. The molecule has 0 spiro atoms. The number of carbonyl (C=O) groups is 1. The molecule has 7 heteroatoms. The summed E-state index contributed by atoms with van der Waals surface area (Å²) in [6.07, 6.45) is -4.26. The summed E-state index contributed by atoms with van der Waals surface area (Å²) in [6.45, 7) is 4.53. The van der Waals surface area contributed by atoms with Crippen LogP contribution < -0.4 is 20.5 Å². The van der Waals surface area contributed by atoms with E-state index in [4.69, 9.17) is 4.74 Å². The molecular formula is C26H22F3NO3. The van der Waals surface area contributed by atoms with Gasteiger partial charge in [0.25, 0.3) is 0 Å². The van der Waals surface area contributed by atoms with Gasteiger partial charge in [-0.25, -0.2) is 4.79 Å². The molecule has 0 fully saturated rings. The fourth-order valence-corrected chi connectivity index (χ4v) is 3.92. The molecule has 0 saturated carbocycles. The second-order valence-electron chi connectivity index (χ2n) is 7.85. The minimum absolute atomic E-state index is 0.137. The van der Waals surface area contributed by atoms with Crippen molar-refractivity contribution in [2.24, 2.45) is 0 Å². The lowest BCUT2D eigenvalue weighted by atomic mass is 9.88. The first-order chi connectivity index (χ1) is 15.7. The Morgan fingerprint density at radius 2 is 1.82 bits per heavy atom. The first kappa shape index (κ1) is 22.5. The number of hydrogen-bond donors (Lipinski definition) is 2. The topological polar surface area (TPSA) is 58.6 Å². The summed E-state index contributed by atoms with van der Waals surface area (Å²) in [4.78, 5) is 12.0. The number of alkyl halides is 3. The van der Waals surface area contributed by atoms with E-state index >= 15 is 0 Å². The molecule has 4 rings (SSSR count). The Labute approximate surface area is 188 Å². The Bertz CT molecular complexity index is 1360. The van der Waals surface area contributed by atoms with E-state index in [1.54, 1.807) is 36.4 Å². The van der Waals surface area contributed by atoms with Gasteiger partial charge in [-0.2, -0.15) is 13.2 Å². The lowest BCUT2D eigenvalue weighted by molar-refractivity contribution is -0.122. The molecule has 4 nitrogen and oxygen atoms in total. The first-order valence-electron chi connectivity index (χ1n) is 10.5. The maximum atomic E-state index is 12.7. The quantitative estimate of drug-likeness (QED) is 0.436. The molecule has 1 aliphatic rings. The van der Waals surface area contributed by atoms with Gasteiger partial charge in [0.15, 0.2) is 0 Å². The van der Waals surface area contributed by atoms with E-state index in [2.05, 4.69) is 5.32 Å². The van der Waals surface area contributed by atoms with Gasteiger partial charge in [0.05, 0.1) is 12.0 Å². The van der Waals surface area contributed by atoms with Crippen LogP contribution in [0.2, 0.25) is 0 Å². The van der Waals surface area contributed by atoms with Crippen molar-refractivity contribution in [3.63, 3.8) is 0 Å². The van der Waals surface area contributed by atoms with Crippen LogP contribution in [-0.4, -0.2) is 23.8 Å². The molecule has 0 atom stereocenters. The second kappa shape index (κ2) is 8.65. The molecule has 3 aromatic carbocycles. The van der Waals surface area contributed by atoms with Crippen LogP contribution in [-0.2, 0) is 0 Å². The Morgan fingerprint density at radius 3 is 2.52 bits per heavy atom. The molecule has 1 aliphatic heterocycles. The third-order valence-electron chi connectivity index (χ3n) is 5.37. The van der Waals surface area contributed by atoms with Crippen LogP contribution in [0.15, 0.2) is 54.6 Å². The lowest BCUT2D eigenvalue weighted by Gasteiger charge is -2.23. The average molecular weight is 453 g/mol. The van der Waals surface area contributed by atoms with E-state index in [9.17, 15) is 23.1 Å². The third kappa shape index (κ3) is 4.72. The van der Waals surface area contributed by atoms with E-state index in [-0.39, 0.29) is 5.56 Å². The standard InChI is InChI=1S/C26H22F3NO3/c1-3-30-17-6-9-20-23(14-17)33-22-13-16(10-11-26(27,28)29)5-8-19(22)24(20)21-12-15(2)4-7-18(21)25(31)32/h4-10,12-14,30H,3,11H2,1-2H3,(H,31,32)/b16-10+. The highest BCUT2D eigenvalue weighted by Gasteiger charge is 2.26. The predicted octanol–water partition coefficient (Wildman–Crippen LogP) is 5.21. The van der Waals surface area contributed by atoms with Crippen LogP contribution in [0.25, 0.3) is 11.6 Å². The molecule has 3 aromatic rings. The van der Waals surface area contributed by atoms with Gasteiger partial charge in [-0.05, 0) is 55.0 Å². The smallest absolute Gasteiger partial charge is 0.392 e. The zero-order valence-corrected chi connectivity index (χ0v) is 18.1. The number of ether oxygens (including phenoxy) is 1. The minimum Gasteiger partial charge on any atom is -0.478 e. The molecule has 0 saturated heterocycles. The summed E-state index contributed by atoms with van der Waals surface area (Å²) >= 11 is 0. The Kier molecular flexibility index (Phi) is 5.89. The first-order valence-corrected chi connectivity index (χ1v) is 10.5. The lowest BCUT2D eigenvalue weighted by Crippen LogP contribution is -2.21. The van der Waals surface area contributed by atoms with E-state index < -0.39 is 18.6 Å². The van der Waals surface area contributed by atoms with Crippen LogP contribution in [0.4, 0.5) is 18.9 Å². The zero-order valence-electron chi connectivity index (χ0n) is 18.1. The van der Waals surface area contributed by atoms with E-state index in [1.165, 1.54) is 0 Å². The van der Waals surface area contributed by atoms with Crippen LogP contribution in [0.3, 0.4) is 0 Å². The predicted molar refractivity (Wildman–Crippen MR) is 121 cm³/mol. The van der Waals surface area contributed by atoms with Gasteiger partial charge in [-0.15, -0.1) is 0 Å². The number of carboxylic acid groups (broad SMARTS) is 1. The van der Waals surface area contributed by atoms with E-state index in [0.717, 1.165) is 17.3 Å². The Morgan fingerprint density at radius 1 is 1.03 bits per heavy atom. The number of carboxylic acids is 1. The number of halogens is 3. The highest BCUT2D eigenvalue weighted by atomic mass is 19.4. The Hall–Kier alpha value is -3.74. The van der Waals surface area contributed by atoms with Gasteiger partial charge < -0.3 is 15.2 Å². The van der Waals surface area contributed by atoms with Gasteiger partial charge in [0.1, 0.15) is 11.5 Å². The third-order valence-corrected chi connectivity index (χ3v) is 5.37. The molecule has 33 heavy (non-hydrogen) atoms. The maximum absolute atomic E-state index is 12.7. The molecule has 0 aromatic heterocycles. The number of benzene rings is 3. The summed E-state index contributed by atoms with van der Waals surface area (Å²) in [5, 5.41) is 14.0. The minimum atomic E-state index is -4.31. The van der Waals surface area contributed by atoms with Crippen molar-refractivity contribution in [1.82, 2.24) is 0 Å². The van der Waals surface area contributed by atoms with Crippen molar-refractivity contribution >= 4 is 23.3 Å². The number of rotatable bonds is 5. The van der Waals surface area contributed by atoms with Crippen LogP contribution in [0.1, 0.15) is 40.4 Å². The zero-order chi connectivity index (χ0) is 23.8. The van der Waals surface area contributed by atoms with Crippen LogP contribution in [0.5, 0.6) is 11.5 Å². The summed E-state index contributed by atoms with van der Waals surface area (Å²) in [5.74, 6) is -0.187. The van der Waals surface area contributed by atoms with Crippen molar-refractivity contribution in [2.75, 3.05) is 11.9 Å². The highest BCUT2D eigenvalue weighted by molar-refractivity contribution is 5.98. The maximum Gasteiger partial charge on any atom is 0.392 e. The number of fused-ring (bicyclic) bond motifs is 2. The highest BCUT2D eigenvalue weighted by Crippen LogP contribution is 2.38. The van der Waals surface area contributed by atoms with Gasteiger partial charge in [0.2, 0.25) is 0 Å². The fraction of sp³-hybridized carbons (Fsp3) is 0.192. The second-order valence-corrected chi connectivity index (χ2v) is 7.85. The summed E-state index contributed by atoms with van der Waals surface area (Å²) in [5.41, 5.74) is 3.74. The molecule has 0 bridgehead atoms. The SMILES string of the molecule is CCNc1ccc2c(c1)Oc1c/c(=C/CC(F)(F)F)ccc1=C2c1cc(C)ccc1C(=O)O. The number of hydrogen-bond acceptors (Lipinski definition) is 3. The van der Waals surface area contributed by atoms with E-state index in [0.29, 0.717) is 45.2 Å². The van der Waals surface area contributed by atoms with Crippen LogP contribution in [0, 0.1) is 6.92 Å². The largest absolute Gasteiger partial charge is 0.478 e. The molecule has 0 aliphatic carbocycles. The number of aromatic carboxylic acids is 1. The van der Waals surface area contributed by atoms with Crippen molar-refractivity contribution < 1.29 is 27.8 Å². The van der Waals surface area contributed by atoms with E-state index in [1.807, 2.05) is 32.0 Å².